The minimum atomic E-state index is -4.21. The van der Waals surface area contributed by atoms with Crippen molar-refractivity contribution in [3.8, 4) is 5.75 Å². The Morgan fingerprint density at radius 1 is 1.22 bits per heavy atom. The predicted octanol–water partition coefficient (Wildman–Crippen LogP) is 3.10. The van der Waals surface area contributed by atoms with Crippen molar-refractivity contribution < 1.29 is 22.3 Å². The van der Waals surface area contributed by atoms with Crippen molar-refractivity contribution in [1.82, 2.24) is 10.6 Å². The highest BCUT2D eigenvalue weighted by atomic mass is 19.4. The lowest BCUT2D eigenvalue weighted by Crippen LogP contribution is -2.39. The molecule has 23 heavy (non-hydrogen) atoms. The largest absolute Gasteiger partial charge is 0.489 e. The topological polar surface area (TPSA) is 45.7 Å². The minimum absolute atomic E-state index is 0.247. The van der Waals surface area contributed by atoms with E-state index in [9.17, 15) is 17.6 Å². The third-order valence-electron chi connectivity index (χ3n) is 2.70. The van der Waals surface area contributed by atoms with Gasteiger partial charge in [-0.2, -0.15) is 13.2 Å². The van der Waals surface area contributed by atoms with Crippen molar-refractivity contribution in [3.05, 3.63) is 30.1 Å². The Hall–Kier alpha value is -1.99. The molecule has 1 aromatic rings. The van der Waals surface area contributed by atoms with Crippen LogP contribution in [-0.2, 0) is 0 Å². The minimum Gasteiger partial charge on any atom is -0.489 e. The maximum absolute atomic E-state index is 12.8. The summed E-state index contributed by atoms with van der Waals surface area (Å²) in [5, 5.41) is 5.48. The van der Waals surface area contributed by atoms with E-state index in [2.05, 4.69) is 15.6 Å². The molecule has 1 rings (SSSR count). The molecule has 0 aliphatic heterocycles. The number of benzene rings is 1. The molecule has 1 aromatic carbocycles. The number of rotatable bonds is 7. The first kappa shape index (κ1) is 19.1. The van der Waals surface area contributed by atoms with Crippen LogP contribution < -0.4 is 15.4 Å². The summed E-state index contributed by atoms with van der Waals surface area (Å²) in [5.74, 6) is 0.446. The van der Waals surface area contributed by atoms with Gasteiger partial charge in [0.15, 0.2) is 5.96 Å². The van der Waals surface area contributed by atoms with E-state index in [1.165, 1.54) is 24.3 Å². The van der Waals surface area contributed by atoms with E-state index in [1.807, 2.05) is 6.92 Å². The standard InChI is InChI=1S/C15H21F4N3O/c1-3-20-14(21-9-8-15(17,18)19)22-10-11(2)23-13-6-4-12(16)5-7-13/h4-7,11H,3,8-10H2,1-2H3,(H2,20,21,22). The highest BCUT2D eigenvalue weighted by molar-refractivity contribution is 5.79. The molecule has 8 heteroatoms. The molecule has 1 atom stereocenters. The quantitative estimate of drug-likeness (QED) is 0.457. The summed E-state index contributed by atoms with van der Waals surface area (Å²) in [7, 11) is 0. The van der Waals surface area contributed by atoms with Gasteiger partial charge in [-0.3, -0.25) is 0 Å². The van der Waals surface area contributed by atoms with Gasteiger partial charge >= 0.3 is 6.18 Å². The number of hydrogen-bond donors (Lipinski definition) is 2. The average molecular weight is 335 g/mol. The number of ether oxygens (including phenoxy) is 1. The van der Waals surface area contributed by atoms with Crippen LogP contribution in [0, 0.1) is 5.82 Å². The molecule has 0 bridgehead atoms. The summed E-state index contributed by atoms with van der Waals surface area (Å²) < 4.78 is 54.7. The van der Waals surface area contributed by atoms with Gasteiger partial charge in [-0.15, -0.1) is 0 Å². The fourth-order valence-electron chi connectivity index (χ4n) is 1.67. The normalized spacial score (nSPS) is 13.6. The Kier molecular flexibility index (Phi) is 7.64. The highest BCUT2D eigenvalue weighted by Crippen LogP contribution is 2.18. The van der Waals surface area contributed by atoms with Crippen molar-refractivity contribution in [3.63, 3.8) is 0 Å². The number of hydrogen-bond acceptors (Lipinski definition) is 2. The molecule has 0 radical (unpaired) electrons. The molecule has 4 nitrogen and oxygen atoms in total. The molecule has 0 fully saturated rings. The molecule has 1 unspecified atom stereocenters. The lowest BCUT2D eigenvalue weighted by atomic mass is 10.3. The molecule has 0 spiro atoms. The monoisotopic (exact) mass is 335 g/mol. The van der Waals surface area contributed by atoms with Crippen LogP contribution in [0.2, 0.25) is 0 Å². The van der Waals surface area contributed by atoms with Gasteiger partial charge < -0.3 is 15.4 Å². The van der Waals surface area contributed by atoms with Crippen molar-refractivity contribution in [2.24, 2.45) is 4.99 Å². The summed E-state index contributed by atoms with van der Waals surface area (Å²) in [5.41, 5.74) is 0. The maximum atomic E-state index is 12.8. The van der Waals surface area contributed by atoms with Crippen LogP contribution in [0.1, 0.15) is 20.3 Å². The zero-order valence-electron chi connectivity index (χ0n) is 13.1. The van der Waals surface area contributed by atoms with Gasteiger partial charge in [0.25, 0.3) is 0 Å². The third kappa shape index (κ3) is 8.90. The summed E-state index contributed by atoms with van der Waals surface area (Å²) in [6.45, 7) is 4.12. The summed E-state index contributed by atoms with van der Waals surface area (Å²) in [6.07, 6.45) is -5.44. The summed E-state index contributed by atoms with van der Waals surface area (Å²) in [4.78, 5) is 4.17. The Morgan fingerprint density at radius 2 is 1.87 bits per heavy atom. The lowest BCUT2D eigenvalue weighted by molar-refractivity contribution is -0.132. The van der Waals surface area contributed by atoms with Crippen molar-refractivity contribution >= 4 is 5.96 Å². The SMILES string of the molecule is CCNC(=NCC(C)Oc1ccc(F)cc1)NCCC(F)(F)F. The molecular weight excluding hydrogens is 314 g/mol. The molecule has 0 saturated heterocycles. The number of halogens is 4. The first-order valence-corrected chi connectivity index (χ1v) is 7.31. The first-order chi connectivity index (χ1) is 10.8. The Bertz CT molecular complexity index is 488. The number of guanidine groups is 1. The Balaban J connectivity index is 2.46. The van der Waals surface area contributed by atoms with Gasteiger partial charge in [0, 0.05) is 13.1 Å². The van der Waals surface area contributed by atoms with E-state index in [-0.39, 0.29) is 25.0 Å². The molecule has 0 aromatic heterocycles. The van der Waals surface area contributed by atoms with Crippen molar-refractivity contribution in [2.75, 3.05) is 19.6 Å². The van der Waals surface area contributed by atoms with Crippen LogP contribution in [0.15, 0.2) is 29.3 Å². The van der Waals surface area contributed by atoms with Crippen molar-refractivity contribution in [2.45, 2.75) is 32.5 Å². The highest BCUT2D eigenvalue weighted by Gasteiger charge is 2.26. The lowest BCUT2D eigenvalue weighted by Gasteiger charge is -2.15. The molecule has 0 amide bonds. The zero-order chi connectivity index (χ0) is 17.3. The second kappa shape index (κ2) is 9.22. The number of nitrogens with one attached hydrogen (secondary N) is 2. The summed E-state index contributed by atoms with van der Waals surface area (Å²) >= 11 is 0. The number of alkyl halides is 3. The average Bonchev–Trinajstić information content (AvgIpc) is 2.46. The van der Waals surface area contributed by atoms with Crippen LogP contribution in [0.5, 0.6) is 5.75 Å². The molecule has 0 aliphatic rings. The molecule has 0 saturated carbocycles. The smallest absolute Gasteiger partial charge is 0.390 e. The predicted molar refractivity (Wildman–Crippen MR) is 81.1 cm³/mol. The summed E-state index contributed by atoms with van der Waals surface area (Å²) in [6, 6.07) is 5.58. The fourth-order valence-corrected chi connectivity index (χ4v) is 1.67. The molecular formula is C15H21F4N3O. The van der Waals surface area contributed by atoms with E-state index in [4.69, 9.17) is 4.74 Å². The number of nitrogens with zero attached hydrogens (tertiary/aromatic N) is 1. The fraction of sp³-hybridized carbons (Fsp3) is 0.533. The van der Waals surface area contributed by atoms with Gasteiger partial charge in [-0.25, -0.2) is 9.38 Å². The van der Waals surface area contributed by atoms with Crippen LogP contribution in [0.3, 0.4) is 0 Å². The first-order valence-electron chi connectivity index (χ1n) is 7.31. The van der Waals surface area contributed by atoms with E-state index in [1.54, 1.807) is 6.92 Å². The van der Waals surface area contributed by atoms with E-state index < -0.39 is 12.6 Å². The van der Waals surface area contributed by atoms with Gasteiger partial charge in [0.1, 0.15) is 17.7 Å². The second-order valence-corrected chi connectivity index (χ2v) is 4.89. The zero-order valence-corrected chi connectivity index (χ0v) is 13.1. The van der Waals surface area contributed by atoms with Gasteiger partial charge in [0.2, 0.25) is 0 Å². The van der Waals surface area contributed by atoms with Gasteiger partial charge in [-0.1, -0.05) is 0 Å². The molecule has 130 valence electrons. The molecule has 0 aliphatic carbocycles. The van der Waals surface area contributed by atoms with Crippen LogP contribution in [0.25, 0.3) is 0 Å². The Labute approximate surface area is 132 Å². The number of aliphatic imine (C=N–C) groups is 1. The van der Waals surface area contributed by atoms with Crippen LogP contribution in [-0.4, -0.2) is 37.9 Å². The molecule has 2 N–H and O–H groups in total. The van der Waals surface area contributed by atoms with Gasteiger partial charge in [-0.05, 0) is 38.1 Å². The van der Waals surface area contributed by atoms with E-state index >= 15 is 0 Å². The third-order valence-corrected chi connectivity index (χ3v) is 2.70. The molecule has 0 heterocycles. The van der Waals surface area contributed by atoms with Crippen LogP contribution >= 0.6 is 0 Å². The Morgan fingerprint density at radius 3 is 2.43 bits per heavy atom. The van der Waals surface area contributed by atoms with Crippen molar-refractivity contribution in [1.29, 1.82) is 0 Å². The van der Waals surface area contributed by atoms with Gasteiger partial charge in [0.05, 0.1) is 13.0 Å². The second-order valence-electron chi connectivity index (χ2n) is 4.89. The van der Waals surface area contributed by atoms with E-state index in [0.717, 1.165) is 0 Å². The maximum Gasteiger partial charge on any atom is 0.390 e. The van der Waals surface area contributed by atoms with Crippen LogP contribution in [0.4, 0.5) is 17.6 Å². The van der Waals surface area contributed by atoms with E-state index in [0.29, 0.717) is 18.3 Å².